The summed E-state index contributed by atoms with van der Waals surface area (Å²) in [5.74, 6) is -0.514. The first-order valence-electron chi connectivity index (χ1n) is 8.07. The molecule has 0 radical (unpaired) electrons. The normalized spacial score (nSPS) is 20.7. The van der Waals surface area contributed by atoms with Gasteiger partial charge in [0.1, 0.15) is 22.8 Å². The van der Waals surface area contributed by atoms with Crippen LogP contribution in [-0.4, -0.2) is 58.1 Å². The summed E-state index contributed by atoms with van der Waals surface area (Å²) in [5.41, 5.74) is 0.483. The Balaban J connectivity index is 1.72. The van der Waals surface area contributed by atoms with Crippen molar-refractivity contribution in [2.24, 2.45) is 0 Å². The number of aliphatic hydroxyl groups excluding tert-OH is 1. The maximum atomic E-state index is 14.0. The van der Waals surface area contributed by atoms with Gasteiger partial charge >= 0.3 is 0 Å². The Morgan fingerprint density at radius 2 is 2.20 bits per heavy atom. The van der Waals surface area contributed by atoms with Gasteiger partial charge in [-0.25, -0.2) is 9.02 Å². The molecule has 1 aliphatic heterocycles. The van der Waals surface area contributed by atoms with E-state index in [2.05, 4.69) is 14.9 Å². The fraction of sp³-hybridized carbons (Fsp3) is 0.471. The molecule has 3 rings (SSSR count). The zero-order chi connectivity index (χ0) is 17.9. The highest BCUT2D eigenvalue weighted by molar-refractivity contribution is 5.78. The largest absolute Gasteiger partial charge is 0.393 e. The summed E-state index contributed by atoms with van der Waals surface area (Å²) in [7, 11) is 0. The molecule has 1 fully saturated rings. The lowest BCUT2D eigenvalue weighted by Gasteiger charge is -2.42. The van der Waals surface area contributed by atoms with Crippen LogP contribution in [0.2, 0.25) is 0 Å². The number of carbonyl (C=O) groups excluding carboxylic acids is 1. The number of hydrogen-bond acceptors (Lipinski definition) is 6. The molecule has 25 heavy (non-hydrogen) atoms. The molecule has 0 bridgehead atoms. The fourth-order valence-corrected chi connectivity index (χ4v) is 2.97. The van der Waals surface area contributed by atoms with Gasteiger partial charge in [-0.15, -0.1) is 0 Å². The standard InChI is InChI=1S/C17H20FN3O4/c1-12-15(20-25-19-12)8-16(23)21-6-7-24-17(10-21,11-22)9-13-4-2-3-5-14(13)18/h2-5,22H,6-11H2,1H3/t17-/m1/s1. The Kier molecular flexibility index (Phi) is 5.10. The molecule has 1 N–H and O–H groups in total. The summed E-state index contributed by atoms with van der Waals surface area (Å²) in [5, 5.41) is 17.3. The molecular weight excluding hydrogens is 329 g/mol. The summed E-state index contributed by atoms with van der Waals surface area (Å²) in [4.78, 5) is 14.2. The van der Waals surface area contributed by atoms with E-state index in [9.17, 15) is 14.3 Å². The number of halogens is 1. The molecule has 1 aromatic carbocycles. The van der Waals surface area contributed by atoms with Gasteiger partial charge in [0.15, 0.2) is 0 Å². The van der Waals surface area contributed by atoms with Gasteiger partial charge in [0, 0.05) is 13.0 Å². The minimum Gasteiger partial charge on any atom is -0.393 e. The third-order valence-corrected chi connectivity index (χ3v) is 4.42. The molecule has 1 atom stereocenters. The van der Waals surface area contributed by atoms with Crippen molar-refractivity contribution in [1.82, 2.24) is 15.2 Å². The van der Waals surface area contributed by atoms with Crippen molar-refractivity contribution in [3.8, 4) is 0 Å². The van der Waals surface area contributed by atoms with E-state index in [1.807, 2.05) is 0 Å². The van der Waals surface area contributed by atoms with Crippen LogP contribution in [0.25, 0.3) is 0 Å². The van der Waals surface area contributed by atoms with Gasteiger partial charge in [0.05, 0.1) is 26.2 Å². The smallest absolute Gasteiger partial charge is 0.228 e. The van der Waals surface area contributed by atoms with Gasteiger partial charge in [-0.1, -0.05) is 28.5 Å². The molecule has 0 aliphatic carbocycles. The highest BCUT2D eigenvalue weighted by Crippen LogP contribution is 2.25. The van der Waals surface area contributed by atoms with Crippen LogP contribution in [0.1, 0.15) is 17.0 Å². The van der Waals surface area contributed by atoms with E-state index in [-0.39, 0.29) is 44.3 Å². The summed E-state index contributed by atoms with van der Waals surface area (Å²) < 4.78 is 24.3. The lowest BCUT2D eigenvalue weighted by Crippen LogP contribution is -2.57. The van der Waals surface area contributed by atoms with Gasteiger partial charge in [0.25, 0.3) is 0 Å². The van der Waals surface area contributed by atoms with E-state index in [1.165, 1.54) is 6.07 Å². The third kappa shape index (κ3) is 3.85. The quantitative estimate of drug-likeness (QED) is 0.862. The van der Waals surface area contributed by atoms with Crippen LogP contribution in [0.3, 0.4) is 0 Å². The maximum absolute atomic E-state index is 14.0. The van der Waals surface area contributed by atoms with Crippen LogP contribution in [0, 0.1) is 12.7 Å². The van der Waals surface area contributed by atoms with Crippen LogP contribution in [0.4, 0.5) is 4.39 Å². The number of aromatic nitrogens is 2. The second-order valence-corrected chi connectivity index (χ2v) is 6.25. The van der Waals surface area contributed by atoms with Crippen molar-refractivity contribution < 1.29 is 23.7 Å². The first kappa shape index (κ1) is 17.5. The zero-order valence-corrected chi connectivity index (χ0v) is 13.9. The molecule has 0 spiro atoms. The molecule has 2 heterocycles. The summed E-state index contributed by atoms with van der Waals surface area (Å²) >= 11 is 0. The van der Waals surface area contributed by atoms with Gasteiger partial charge in [0.2, 0.25) is 5.91 Å². The number of hydrogen-bond donors (Lipinski definition) is 1. The first-order valence-corrected chi connectivity index (χ1v) is 8.07. The highest BCUT2D eigenvalue weighted by atomic mass is 19.1. The van der Waals surface area contributed by atoms with Gasteiger partial charge in [-0.2, -0.15) is 0 Å². The number of amides is 1. The number of aryl methyl sites for hydroxylation is 1. The van der Waals surface area contributed by atoms with Crippen LogP contribution < -0.4 is 0 Å². The number of nitrogens with zero attached hydrogens (tertiary/aromatic N) is 3. The highest BCUT2D eigenvalue weighted by Gasteiger charge is 2.38. The molecular formula is C17H20FN3O4. The number of morpholine rings is 1. The van der Waals surface area contributed by atoms with Gasteiger partial charge < -0.3 is 14.7 Å². The SMILES string of the molecule is Cc1nonc1CC(=O)N1CCO[C@](CO)(Cc2ccccc2F)C1. The second kappa shape index (κ2) is 7.28. The Bertz CT molecular complexity index is 751. The van der Waals surface area contributed by atoms with E-state index in [1.54, 1.807) is 30.0 Å². The average molecular weight is 349 g/mol. The molecule has 0 unspecified atom stereocenters. The van der Waals surface area contributed by atoms with E-state index >= 15 is 0 Å². The predicted octanol–water partition coefficient (Wildman–Crippen LogP) is 0.892. The first-order chi connectivity index (χ1) is 12.0. The van der Waals surface area contributed by atoms with Crippen LogP contribution in [0.15, 0.2) is 28.9 Å². The minimum absolute atomic E-state index is 0.0660. The molecule has 2 aromatic rings. The number of benzene rings is 1. The number of rotatable bonds is 5. The predicted molar refractivity (Wildman–Crippen MR) is 85.2 cm³/mol. The molecule has 7 nitrogen and oxygen atoms in total. The average Bonchev–Trinajstić information content (AvgIpc) is 3.02. The van der Waals surface area contributed by atoms with Crippen LogP contribution in [0.5, 0.6) is 0 Å². The van der Waals surface area contributed by atoms with E-state index in [0.29, 0.717) is 23.5 Å². The van der Waals surface area contributed by atoms with Crippen LogP contribution >= 0.6 is 0 Å². The monoisotopic (exact) mass is 349 g/mol. The van der Waals surface area contributed by atoms with Crippen molar-refractivity contribution in [3.63, 3.8) is 0 Å². The van der Waals surface area contributed by atoms with Crippen molar-refractivity contribution in [2.75, 3.05) is 26.3 Å². The molecule has 1 aromatic heterocycles. The Labute approximate surface area is 144 Å². The van der Waals surface area contributed by atoms with E-state index in [4.69, 9.17) is 4.74 Å². The molecule has 1 aliphatic rings. The molecule has 0 saturated carbocycles. The van der Waals surface area contributed by atoms with Crippen molar-refractivity contribution >= 4 is 5.91 Å². The Morgan fingerprint density at radius 3 is 2.88 bits per heavy atom. The van der Waals surface area contributed by atoms with Gasteiger partial charge in [-0.3, -0.25) is 4.79 Å². The molecule has 1 saturated heterocycles. The number of carbonyl (C=O) groups is 1. The fourth-order valence-electron chi connectivity index (χ4n) is 2.97. The summed E-state index contributed by atoms with van der Waals surface area (Å²) in [6.07, 6.45) is 0.251. The number of aliphatic hydroxyl groups is 1. The van der Waals surface area contributed by atoms with E-state index in [0.717, 1.165) is 0 Å². The molecule has 1 amide bonds. The Hall–Kier alpha value is -2.32. The van der Waals surface area contributed by atoms with Crippen molar-refractivity contribution in [1.29, 1.82) is 0 Å². The van der Waals surface area contributed by atoms with Crippen molar-refractivity contribution in [3.05, 3.63) is 47.0 Å². The molecule has 8 heteroatoms. The second-order valence-electron chi connectivity index (χ2n) is 6.25. The maximum Gasteiger partial charge on any atom is 0.228 e. The van der Waals surface area contributed by atoms with E-state index < -0.39 is 5.60 Å². The zero-order valence-electron chi connectivity index (χ0n) is 13.9. The summed E-state index contributed by atoms with van der Waals surface area (Å²) in [6.45, 7) is 2.27. The van der Waals surface area contributed by atoms with Crippen LogP contribution in [-0.2, 0) is 22.4 Å². The lowest BCUT2D eigenvalue weighted by atomic mass is 9.92. The lowest BCUT2D eigenvalue weighted by molar-refractivity contribution is -0.157. The summed E-state index contributed by atoms with van der Waals surface area (Å²) in [6, 6.07) is 6.36. The number of ether oxygens (including phenoxy) is 1. The topological polar surface area (TPSA) is 88.7 Å². The molecule has 134 valence electrons. The Morgan fingerprint density at radius 1 is 1.40 bits per heavy atom. The van der Waals surface area contributed by atoms with Crippen molar-refractivity contribution in [2.45, 2.75) is 25.4 Å². The third-order valence-electron chi connectivity index (χ3n) is 4.42. The van der Waals surface area contributed by atoms with Gasteiger partial charge in [-0.05, 0) is 18.6 Å². The minimum atomic E-state index is -1.02.